The molecule has 1 heterocycles. The van der Waals surface area contributed by atoms with Crippen LogP contribution in [-0.2, 0) is 0 Å². The van der Waals surface area contributed by atoms with Crippen LogP contribution in [0.3, 0.4) is 0 Å². The number of carbonyl (C=O) groups is 1. The maximum absolute atomic E-state index is 11.6. The average Bonchev–Trinajstić information content (AvgIpc) is 2.64. The van der Waals surface area contributed by atoms with Crippen LogP contribution < -0.4 is 5.32 Å². The lowest BCUT2D eigenvalue weighted by Gasteiger charge is -2.02. The van der Waals surface area contributed by atoms with Gasteiger partial charge in [-0.1, -0.05) is 26.2 Å². The summed E-state index contributed by atoms with van der Waals surface area (Å²) in [5, 5.41) is 2.92. The van der Waals surface area contributed by atoms with E-state index in [1.807, 2.05) is 12.1 Å². The van der Waals surface area contributed by atoms with E-state index < -0.39 is 0 Å². The summed E-state index contributed by atoms with van der Waals surface area (Å²) in [6, 6.07) is 3.74. The normalized spacial score (nSPS) is 10.3. The summed E-state index contributed by atoms with van der Waals surface area (Å²) in [6.45, 7) is 2.97. The van der Waals surface area contributed by atoms with Crippen molar-refractivity contribution < 1.29 is 4.79 Å². The highest BCUT2D eigenvalue weighted by Gasteiger charge is 2.06. The first-order valence-corrected chi connectivity index (χ1v) is 6.88. The van der Waals surface area contributed by atoms with Gasteiger partial charge in [0.1, 0.15) is 0 Å². The Hall–Kier alpha value is -0.350. The molecule has 0 radical (unpaired) electrons. The Morgan fingerprint density at radius 3 is 2.80 bits per heavy atom. The predicted octanol–water partition coefficient (Wildman–Crippen LogP) is 3.82. The number of amides is 1. The minimum atomic E-state index is 0.0437. The SMILES string of the molecule is CCCCCCNC(=O)c1ccc(Br)s1. The van der Waals surface area contributed by atoms with E-state index in [1.165, 1.54) is 30.6 Å². The highest BCUT2D eigenvalue weighted by Crippen LogP contribution is 2.21. The number of hydrogen-bond donors (Lipinski definition) is 1. The molecule has 0 fully saturated rings. The molecule has 84 valence electrons. The van der Waals surface area contributed by atoms with Crippen LogP contribution >= 0.6 is 27.3 Å². The average molecular weight is 290 g/mol. The van der Waals surface area contributed by atoms with Crippen molar-refractivity contribution in [3.05, 3.63) is 20.8 Å². The van der Waals surface area contributed by atoms with Crippen molar-refractivity contribution >= 4 is 33.2 Å². The van der Waals surface area contributed by atoms with Gasteiger partial charge in [0.25, 0.3) is 5.91 Å². The minimum Gasteiger partial charge on any atom is -0.351 e. The van der Waals surface area contributed by atoms with Crippen molar-refractivity contribution in [1.29, 1.82) is 0 Å². The number of nitrogens with one attached hydrogen (secondary N) is 1. The fraction of sp³-hybridized carbons (Fsp3) is 0.545. The van der Waals surface area contributed by atoms with Crippen LogP contribution in [0.2, 0.25) is 0 Å². The summed E-state index contributed by atoms with van der Waals surface area (Å²) in [5.41, 5.74) is 0. The molecule has 1 aromatic heterocycles. The first kappa shape index (κ1) is 12.7. The number of rotatable bonds is 6. The Kier molecular flexibility index (Phi) is 5.95. The number of unbranched alkanes of at least 4 members (excludes halogenated alkanes) is 3. The van der Waals surface area contributed by atoms with E-state index in [0.29, 0.717) is 0 Å². The van der Waals surface area contributed by atoms with Gasteiger partial charge < -0.3 is 5.32 Å². The minimum absolute atomic E-state index is 0.0437. The molecule has 0 atom stereocenters. The van der Waals surface area contributed by atoms with E-state index in [-0.39, 0.29) is 5.91 Å². The molecule has 1 N–H and O–H groups in total. The van der Waals surface area contributed by atoms with Gasteiger partial charge in [-0.3, -0.25) is 4.79 Å². The summed E-state index contributed by atoms with van der Waals surface area (Å²) >= 11 is 4.81. The summed E-state index contributed by atoms with van der Waals surface area (Å²) in [6.07, 6.45) is 4.75. The smallest absolute Gasteiger partial charge is 0.261 e. The zero-order chi connectivity index (χ0) is 11.1. The Bertz CT molecular complexity index is 311. The van der Waals surface area contributed by atoms with Gasteiger partial charge in [-0.15, -0.1) is 11.3 Å². The second kappa shape index (κ2) is 7.01. The molecule has 0 aliphatic rings. The molecule has 1 rings (SSSR count). The van der Waals surface area contributed by atoms with Gasteiger partial charge in [0.05, 0.1) is 8.66 Å². The molecular weight excluding hydrogens is 274 g/mol. The molecule has 0 aliphatic heterocycles. The van der Waals surface area contributed by atoms with Crippen molar-refractivity contribution in [3.63, 3.8) is 0 Å². The fourth-order valence-electron chi connectivity index (χ4n) is 1.28. The number of hydrogen-bond acceptors (Lipinski definition) is 2. The zero-order valence-electron chi connectivity index (χ0n) is 8.88. The van der Waals surface area contributed by atoms with Gasteiger partial charge in [-0.25, -0.2) is 0 Å². The van der Waals surface area contributed by atoms with E-state index in [2.05, 4.69) is 28.2 Å². The first-order valence-electron chi connectivity index (χ1n) is 5.27. The lowest BCUT2D eigenvalue weighted by Crippen LogP contribution is -2.23. The molecule has 15 heavy (non-hydrogen) atoms. The number of thiophene rings is 1. The van der Waals surface area contributed by atoms with Crippen molar-refractivity contribution in [2.45, 2.75) is 32.6 Å². The topological polar surface area (TPSA) is 29.1 Å². The Morgan fingerprint density at radius 2 is 2.20 bits per heavy atom. The number of carbonyl (C=O) groups excluding carboxylic acids is 1. The molecular formula is C11H16BrNOS. The third-order valence-electron chi connectivity index (χ3n) is 2.11. The maximum Gasteiger partial charge on any atom is 0.261 e. The monoisotopic (exact) mass is 289 g/mol. The van der Waals surface area contributed by atoms with Gasteiger partial charge in [0, 0.05) is 6.54 Å². The van der Waals surface area contributed by atoms with Crippen molar-refractivity contribution in [2.75, 3.05) is 6.54 Å². The van der Waals surface area contributed by atoms with E-state index >= 15 is 0 Å². The van der Waals surface area contributed by atoms with Gasteiger partial charge >= 0.3 is 0 Å². The molecule has 0 aliphatic carbocycles. The van der Waals surface area contributed by atoms with E-state index in [0.717, 1.165) is 21.6 Å². The maximum atomic E-state index is 11.6. The van der Waals surface area contributed by atoms with Gasteiger partial charge in [-0.2, -0.15) is 0 Å². The third-order valence-corrected chi connectivity index (χ3v) is 3.74. The van der Waals surface area contributed by atoms with Gasteiger partial charge in [-0.05, 0) is 34.5 Å². The molecule has 0 unspecified atom stereocenters. The molecule has 4 heteroatoms. The van der Waals surface area contributed by atoms with Crippen molar-refractivity contribution in [2.24, 2.45) is 0 Å². The van der Waals surface area contributed by atoms with E-state index in [1.54, 1.807) is 0 Å². The highest BCUT2D eigenvalue weighted by atomic mass is 79.9. The molecule has 0 spiro atoms. The molecule has 0 saturated heterocycles. The summed E-state index contributed by atoms with van der Waals surface area (Å²) in [7, 11) is 0. The quantitative estimate of drug-likeness (QED) is 0.793. The summed E-state index contributed by atoms with van der Waals surface area (Å²) in [4.78, 5) is 12.3. The molecule has 1 amide bonds. The predicted molar refractivity (Wildman–Crippen MR) is 68.5 cm³/mol. The van der Waals surface area contributed by atoms with Crippen molar-refractivity contribution in [3.8, 4) is 0 Å². The molecule has 0 bridgehead atoms. The van der Waals surface area contributed by atoms with Crippen LogP contribution in [0.4, 0.5) is 0 Å². The second-order valence-electron chi connectivity index (χ2n) is 3.42. The van der Waals surface area contributed by atoms with Crippen LogP contribution in [0.5, 0.6) is 0 Å². The van der Waals surface area contributed by atoms with Crippen LogP contribution in [0.1, 0.15) is 42.3 Å². The summed E-state index contributed by atoms with van der Waals surface area (Å²) < 4.78 is 0.999. The van der Waals surface area contributed by atoms with Crippen molar-refractivity contribution in [1.82, 2.24) is 5.32 Å². The Labute approximate surface area is 103 Å². The lowest BCUT2D eigenvalue weighted by molar-refractivity contribution is 0.0957. The Balaban J connectivity index is 2.19. The second-order valence-corrected chi connectivity index (χ2v) is 5.88. The molecule has 2 nitrogen and oxygen atoms in total. The molecule has 0 aromatic carbocycles. The lowest BCUT2D eigenvalue weighted by atomic mass is 10.2. The van der Waals surface area contributed by atoms with Crippen LogP contribution in [0.25, 0.3) is 0 Å². The molecule has 1 aromatic rings. The van der Waals surface area contributed by atoms with Crippen LogP contribution in [0, 0.1) is 0 Å². The highest BCUT2D eigenvalue weighted by molar-refractivity contribution is 9.11. The van der Waals surface area contributed by atoms with Crippen LogP contribution in [0.15, 0.2) is 15.9 Å². The van der Waals surface area contributed by atoms with Crippen LogP contribution in [-0.4, -0.2) is 12.5 Å². The van der Waals surface area contributed by atoms with Gasteiger partial charge in [0.2, 0.25) is 0 Å². The first-order chi connectivity index (χ1) is 7.24. The third kappa shape index (κ3) is 4.80. The van der Waals surface area contributed by atoms with E-state index in [9.17, 15) is 4.79 Å². The summed E-state index contributed by atoms with van der Waals surface area (Å²) in [5.74, 6) is 0.0437. The fourth-order valence-corrected chi connectivity index (χ4v) is 2.58. The standard InChI is InChI=1S/C11H16BrNOS/c1-2-3-4-5-8-13-11(14)9-6-7-10(12)15-9/h6-7H,2-5,8H2,1H3,(H,13,14). The molecule has 0 saturated carbocycles. The van der Waals surface area contributed by atoms with Gasteiger partial charge in [0.15, 0.2) is 0 Å². The number of halogens is 1. The Morgan fingerprint density at radius 1 is 1.40 bits per heavy atom. The zero-order valence-corrected chi connectivity index (χ0v) is 11.3. The van der Waals surface area contributed by atoms with E-state index in [4.69, 9.17) is 0 Å². The largest absolute Gasteiger partial charge is 0.351 e.